The van der Waals surface area contributed by atoms with Crippen molar-refractivity contribution in [2.75, 3.05) is 32.1 Å². The maximum Gasteiger partial charge on any atom is 0.256 e. The summed E-state index contributed by atoms with van der Waals surface area (Å²) in [6.45, 7) is 4.74. The van der Waals surface area contributed by atoms with E-state index in [2.05, 4.69) is 10.3 Å². The van der Waals surface area contributed by atoms with Gasteiger partial charge in [0, 0.05) is 24.8 Å². The Morgan fingerprint density at radius 3 is 2.52 bits per heavy atom. The van der Waals surface area contributed by atoms with Gasteiger partial charge in [-0.2, -0.15) is 4.31 Å². The summed E-state index contributed by atoms with van der Waals surface area (Å²) in [6, 6.07) is 7.89. The first-order valence-electron chi connectivity index (χ1n) is 11.5. The second-order valence-corrected chi connectivity index (χ2v) is 9.98. The molecule has 0 aliphatic heterocycles. The van der Waals surface area contributed by atoms with E-state index >= 15 is 0 Å². The Balaban J connectivity index is 1.81. The van der Waals surface area contributed by atoms with Crippen molar-refractivity contribution in [1.29, 1.82) is 0 Å². The van der Waals surface area contributed by atoms with Gasteiger partial charge >= 0.3 is 0 Å². The molecule has 1 aliphatic rings. The van der Waals surface area contributed by atoms with Gasteiger partial charge in [0.1, 0.15) is 10.6 Å². The minimum atomic E-state index is -3.81. The van der Waals surface area contributed by atoms with Gasteiger partial charge in [-0.1, -0.05) is 33.1 Å². The Hall–Kier alpha value is -2.65. The van der Waals surface area contributed by atoms with Crippen molar-refractivity contribution in [2.45, 2.75) is 50.8 Å². The number of aromatic nitrogens is 1. The molecule has 1 saturated carbocycles. The summed E-state index contributed by atoms with van der Waals surface area (Å²) < 4.78 is 38.7. The van der Waals surface area contributed by atoms with E-state index < -0.39 is 15.9 Å². The van der Waals surface area contributed by atoms with Crippen molar-refractivity contribution in [3.63, 3.8) is 0 Å². The highest BCUT2D eigenvalue weighted by molar-refractivity contribution is 7.89. The van der Waals surface area contributed by atoms with E-state index in [1.165, 1.54) is 48.9 Å². The summed E-state index contributed by atoms with van der Waals surface area (Å²) in [7, 11) is -2.41. The summed E-state index contributed by atoms with van der Waals surface area (Å²) in [4.78, 5) is 17.2. The van der Waals surface area contributed by atoms with Gasteiger partial charge in [-0.25, -0.2) is 13.4 Å². The number of methoxy groups -OCH3 is 1. The maximum absolute atomic E-state index is 13.1. The van der Waals surface area contributed by atoms with E-state index in [0.717, 1.165) is 12.8 Å². The van der Waals surface area contributed by atoms with Gasteiger partial charge in [-0.05, 0) is 49.1 Å². The third-order valence-corrected chi connectivity index (χ3v) is 8.02. The summed E-state index contributed by atoms with van der Waals surface area (Å²) >= 11 is 0. The van der Waals surface area contributed by atoms with Gasteiger partial charge in [0.25, 0.3) is 5.91 Å². The molecule has 0 spiro atoms. The van der Waals surface area contributed by atoms with Crippen LogP contribution in [0.15, 0.2) is 41.4 Å². The normalized spacial score (nSPS) is 14.8. The average Bonchev–Trinajstić information content (AvgIpc) is 2.84. The molecule has 1 amide bonds. The van der Waals surface area contributed by atoms with Crippen LogP contribution in [0.1, 0.15) is 56.3 Å². The molecule has 1 heterocycles. The number of carbonyl (C=O) groups excluding carboxylic acids is 1. The van der Waals surface area contributed by atoms with Crippen molar-refractivity contribution in [3.05, 3.63) is 42.1 Å². The molecule has 9 heteroatoms. The SMILES string of the molecule is CCN(CC)S(=O)(=O)c1cc(C(=O)Nc2ncccc2OCC2CCCCC2)ccc1OC. The summed E-state index contributed by atoms with van der Waals surface area (Å²) in [6.07, 6.45) is 7.60. The quantitative estimate of drug-likeness (QED) is 0.549. The van der Waals surface area contributed by atoms with Crippen molar-refractivity contribution in [3.8, 4) is 11.5 Å². The van der Waals surface area contributed by atoms with Crippen LogP contribution in [0.25, 0.3) is 0 Å². The molecule has 1 fully saturated rings. The second kappa shape index (κ2) is 11.5. The number of hydrogen-bond donors (Lipinski definition) is 1. The lowest BCUT2D eigenvalue weighted by molar-refractivity contribution is 0.102. The van der Waals surface area contributed by atoms with E-state index in [1.807, 2.05) is 0 Å². The highest BCUT2D eigenvalue weighted by Gasteiger charge is 2.27. The van der Waals surface area contributed by atoms with Crippen LogP contribution in [-0.2, 0) is 10.0 Å². The number of anilines is 1. The third-order valence-electron chi connectivity index (χ3n) is 5.95. The maximum atomic E-state index is 13.1. The topological polar surface area (TPSA) is 97.8 Å². The lowest BCUT2D eigenvalue weighted by Gasteiger charge is -2.22. The Labute approximate surface area is 196 Å². The van der Waals surface area contributed by atoms with Crippen molar-refractivity contribution in [1.82, 2.24) is 9.29 Å². The Kier molecular flexibility index (Phi) is 8.68. The molecule has 1 aromatic carbocycles. The molecule has 1 aliphatic carbocycles. The van der Waals surface area contributed by atoms with E-state index in [1.54, 1.807) is 32.2 Å². The molecule has 0 radical (unpaired) electrons. The first kappa shape index (κ1) is 25.0. The number of nitrogens with zero attached hydrogens (tertiary/aromatic N) is 2. The van der Waals surface area contributed by atoms with Gasteiger partial charge < -0.3 is 14.8 Å². The Bertz CT molecular complexity index is 1050. The molecule has 180 valence electrons. The molecule has 0 unspecified atom stereocenters. The Morgan fingerprint density at radius 1 is 1.12 bits per heavy atom. The standard InChI is InChI=1S/C24H33N3O5S/c1-4-27(5-2)33(29,30)22-16-19(13-14-20(22)31-3)24(28)26-23-21(12-9-15-25-23)32-17-18-10-7-6-8-11-18/h9,12-16,18H,4-8,10-11,17H2,1-3H3,(H,25,26,28). The summed E-state index contributed by atoms with van der Waals surface area (Å²) in [5.41, 5.74) is 0.186. The van der Waals surface area contributed by atoms with Gasteiger partial charge in [-0.3, -0.25) is 4.79 Å². The van der Waals surface area contributed by atoms with Crippen LogP contribution in [0.4, 0.5) is 5.82 Å². The molecule has 0 atom stereocenters. The first-order valence-corrected chi connectivity index (χ1v) is 12.9. The molecule has 1 aromatic heterocycles. The molecule has 0 saturated heterocycles. The van der Waals surface area contributed by atoms with Crippen LogP contribution in [-0.4, -0.2) is 50.4 Å². The minimum absolute atomic E-state index is 0.0452. The zero-order valence-electron chi connectivity index (χ0n) is 19.5. The van der Waals surface area contributed by atoms with Crippen LogP contribution < -0.4 is 14.8 Å². The van der Waals surface area contributed by atoms with Crippen molar-refractivity contribution < 1.29 is 22.7 Å². The summed E-state index contributed by atoms with van der Waals surface area (Å²) in [5, 5.41) is 2.76. The number of rotatable bonds is 10. The van der Waals surface area contributed by atoms with E-state index in [0.29, 0.717) is 37.2 Å². The van der Waals surface area contributed by atoms with Gasteiger partial charge in [0.15, 0.2) is 11.6 Å². The number of sulfonamides is 1. The molecule has 1 N–H and O–H groups in total. The number of ether oxygens (including phenoxy) is 2. The number of amides is 1. The van der Waals surface area contributed by atoms with Crippen molar-refractivity contribution in [2.24, 2.45) is 5.92 Å². The van der Waals surface area contributed by atoms with Crippen LogP contribution >= 0.6 is 0 Å². The lowest BCUT2D eigenvalue weighted by Crippen LogP contribution is -2.31. The molecule has 33 heavy (non-hydrogen) atoms. The third kappa shape index (κ3) is 6.03. The van der Waals surface area contributed by atoms with Crippen LogP contribution in [0.2, 0.25) is 0 Å². The molecule has 2 aromatic rings. The lowest BCUT2D eigenvalue weighted by atomic mass is 9.90. The highest BCUT2D eigenvalue weighted by atomic mass is 32.2. The van der Waals surface area contributed by atoms with Gasteiger partial charge in [-0.15, -0.1) is 0 Å². The van der Waals surface area contributed by atoms with E-state index in [9.17, 15) is 13.2 Å². The van der Waals surface area contributed by atoms with Crippen LogP contribution in [0, 0.1) is 5.92 Å². The number of benzene rings is 1. The first-order chi connectivity index (χ1) is 15.9. The number of carbonyl (C=O) groups is 1. The summed E-state index contributed by atoms with van der Waals surface area (Å²) in [5.74, 6) is 1.03. The Morgan fingerprint density at radius 2 is 1.85 bits per heavy atom. The monoisotopic (exact) mass is 475 g/mol. The second-order valence-electron chi connectivity index (χ2n) is 8.07. The van der Waals surface area contributed by atoms with E-state index in [4.69, 9.17) is 9.47 Å². The number of pyridine rings is 1. The molecular weight excluding hydrogens is 442 g/mol. The van der Waals surface area contributed by atoms with Gasteiger partial charge in [0.05, 0.1) is 13.7 Å². The molecule has 0 bridgehead atoms. The van der Waals surface area contributed by atoms with Crippen molar-refractivity contribution >= 4 is 21.7 Å². The molecular formula is C24H33N3O5S. The fraction of sp³-hybridized carbons (Fsp3) is 0.500. The number of hydrogen-bond acceptors (Lipinski definition) is 6. The van der Waals surface area contributed by atoms with Crippen LogP contribution in [0.3, 0.4) is 0 Å². The predicted molar refractivity (Wildman–Crippen MR) is 127 cm³/mol. The minimum Gasteiger partial charge on any atom is -0.495 e. The van der Waals surface area contributed by atoms with Crippen LogP contribution in [0.5, 0.6) is 11.5 Å². The largest absolute Gasteiger partial charge is 0.495 e. The number of nitrogens with one attached hydrogen (secondary N) is 1. The van der Waals surface area contributed by atoms with E-state index in [-0.39, 0.29) is 16.2 Å². The highest BCUT2D eigenvalue weighted by Crippen LogP contribution is 2.30. The fourth-order valence-corrected chi connectivity index (χ4v) is 5.70. The van der Waals surface area contributed by atoms with Gasteiger partial charge in [0.2, 0.25) is 10.0 Å². The molecule has 3 rings (SSSR count). The predicted octanol–water partition coefficient (Wildman–Crippen LogP) is 4.33. The fourth-order valence-electron chi connectivity index (χ4n) is 4.06. The average molecular weight is 476 g/mol. The zero-order chi connectivity index (χ0) is 23.8. The molecule has 8 nitrogen and oxygen atoms in total. The smallest absolute Gasteiger partial charge is 0.256 e. The zero-order valence-corrected chi connectivity index (χ0v) is 20.4.